The van der Waals surface area contributed by atoms with Crippen LogP contribution in [0.1, 0.15) is 11.1 Å². The summed E-state index contributed by atoms with van der Waals surface area (Å²) in [5, 5.41) is 22.9. The first-order valence-electron chi connectivity index (χ1n) is 9.79. The second-order valence-electron chi connectivity index (χ2n) is 7.32. The first-order chi connectivity index (χ1) is 15.2. The number of carbonyl (C=O) groups is 2. The van der Waals surface area contributed by atoms with E-state index in [2.05, 4.69) is 5.32 Å². The molecule has 0 heterocycles. The van der Waals surface area contributed by atoms with Gasteiger partial charge in [0.1, 0.15) is 6.61 Å². The average Bonchev–Trinajstić information content (AvgIpc) is 2.77. The van der Waals surface area contributed by atoms with Crippen molar-refractivity contribution < 1.29 is 24.5 Å². The fraction of sp³-hybridized carbons (Fsp3) is 0.333. The molecule has 32 heavy (non-hydrogen) atoms. The maximum atomic E-state index is 12.4. The number of carbonyl (C=O) groups excluding carboxylic acids is 2. The molecule has 11 heteroatoms. The molecule has 2 aromatic carbocycles. The van der Waals surface area contributed by atoms with Gasteiger partial charge in [-0.15, -0.1) is 0 Å². The van der Waals surface area contributed by atoms with E-state index in [-0.39, 0.29) is 35.9 Å². The number of likely N-dealkylation sites (N-methyl/N-ethyl adjacent to an activating group) is 1. The van der Waals surface area contributed by atoms with E-state index in [1.54, 1.807) is 24.3 Å². The number of nitro groups is 1. The molecular weight excluding hydrogens is 418 g/mol. The number of nitro benzene ring substituents is 1. The summed E-state index contributed by atoms with van der Waals surface area (Å²) in [5.74, 6) is -0.0867. The van der Waals surface area contributed by atoms with Crippen LogP contribution in [0.4, 0.5) is 21.9 Å². The summed E-state index contributed by atoms with van der Waals surface area (Å²) in [6.45, 7) is 1.01. The van der Waals surface area contributed by atoms with Gasteiger partial charge >= 0.3 is 6.09 Å². The molecule has 172 valence electrons. The zero-order chi connectivity index (χ0) is 23.7. The van der Waals surface area contributed by atoms with E-state index < -0.39 is 11.0 Å². The fourth-order valence-electron chi connectivity index (χ4n) is 2.77. The van der Waals surface area contributed by atoms with Gasteiger partial charge < -0.3 is 15.0 Å². The summed E-state index contributed by atoms with van der Waals surface area (Å²) < 4.78 is 5.20. The molecule has 11 nitrogen and oxygen atoms in total. The molecule has 0 fully saturated rings. The van der Waals surface area contributed by atoms with E-state index in [1.807, 2.05) is 24.5 Å². The third-order valence-corrected chi connectivity index (χ3v) is 4.61. The molecule has 0 atom stereocenters. The predicted octanol–water partition coefficient (Wildman–Crippen LogP) is 2.39. The third kappa shape index (κ3) is 7.22. The number of nitrogens with zero attached hydrogens (tertiary/aromatic N) is 3. The zero-order valence-corrected chi connectivity index (χ0v) is 18.2. The summed E-state index contributed by atoms with van der Waals surface area (Å²) in [6, 6.07) is 10.8. The smallest absolute Gasteiger partial charge is 0.414 e. The van der Waals surface area contributed by atoms with Crippen molar-refractivity contribution in [1.29, 1.82) is 0 Å². The van der Waals surface area contributed by atoms with Crippen LogP contribution >= 0.6 is 0 Å². The maximum absolute atomic E-state index is 12.4. The molecule has 0 unspecified atom stereocenters. The predicted molar refractivity (Wildman–Crippen MR) is 119 cm³/mol. The van der Waals surface area contributed by atoms with E-state index in [0.717, 1.165) is 18.2 Å². The van der Waals surface area contributed by atoms with Crippen LogP contribution in [0.3, 0.4) is 0 Å². The summed E-state index contributed by atoms with van der Waals surface area (Å²) >= 11 is 0. The van der Waals surface area contributed by atoms with Gasteiger partial charge in [0.25, 0.3) is 5.69 Å². The first kappa shape index (κ1) is 24.6. The normalized spacial score (nSPS) is 10.5. The summed E-state index contributed by atoms with van der Waals surface area (Å²) in [7, 11) is 5.37. The van der Waals surface area contributed by atoms with Gasteiger partial charge in [-0.1, -0.05) is 12.1 Å². The molecule has 0 aliphatic carbocycles. The molecule has 0 radical (unpaired) electrons. The number of amides is 2. The molecule has 0 aliphatic rings. The van der Waals surface area contributed by atoms with Crippen molar-refractivity contribution in [3.05, 3.63) is 63.7 Å². The largest absolute Gasteiger partial charge is 0.444 e. The molecule has 0 aliphatic heterocycles. The molecule has 0 spiro atoms. The van der Waals surface area contributed by atoms with Crippen LogP contribution in [-0.4, -0.2) is 61.3 Å². The van der Waals surface area contributed by atoms with Crippen LogP contribution in [0.2, 0.25) is 0 Å². The number of hydrogen-bond donors (Lipinski definition) is 3. The summed E-state index contributed by atoms with van der Waals surface area (Å²) in [6.07, 6.45) is -0.470. The van der Waals surface area contributed by atoms with Gasteiger partial charge in [0, 0.05) is 31.9 Å². The van der Waals surface area contributed by atoms with Crippen molar-refractivity contribution in [2.75, 3.05) is 44.6 Å². The minimum absolute atomic E-state index is 0.0867. The molecule has 2 rings (SSSR count). The highest BCUT2D eigenvalue weighted by Gasteiger charge is 2.18. The Bertz CT molecular complexity index is 948. The number of ether oxygens (including phenoxy) is 1. The summed E-state index contributed by atoms with van der Waals surface area (Å²) in [4.78, 5) is 38.2. The van der Waals surface area contributed by atoms with Gasteiger partial charge in [0.05, 0.1) is 22.6 Å². The molecule has 0 saturated carbocycles. The van der Waals surface area contributed by atoms with Crippen LogP contribution < -0.4 is 15.7 Å². The molecule has 2 aromatic rings. The van der Waals surface area contributed by atoms with Gasteiger partial charge in [0.15, 0.2) is 0 Å². The molecular formula is C21H27N5O6. The number of nitrogens with one attached hydrogen (secondary N) is 2. The minimum Gasteiger partial charge on any atom is -0.444 e. The van der Waals surface area contributed by atoms with Crippen molar-refractivity contribution >= 4 is 29.1 Å². The Morgan fingerprint density at radius 1 is 1.12 bits per heavy atom. The summed E-state index contributed by atoms with van der Waals surface area (Å²) in [5.41, 5.74) is 3.23. The lowest BCUT2D eigenvalue weighted by atomic mass is 10.1. The van der Waals surface area contributed by atoms with Crippen molar-refractivity contribution in [1.82, 2.24) is 10.2 Å². The number of rotatable bonds is 10. The van der Waals surface area contributed by atoms with E-state index in [9.17, 15) is 19.7 Å². The Morgan fingerprint density at radius 2 is 1.81 bits per heavy atom. The van der Waals surface area contributed by atoms with Crippen LogP contribution in [0.15, 0.2) is 42.5 Å². The lowest BCUT2D eigenvalue weighted by molar-refractivity contribution is -0.385. The van der Waals surface area contributed by atoms with Crippen molar-refractivity contribution in [2.24, 2.45) is 0 Å². The van der Waals surface area contributed by atoms with Gasteiger partial charge in [0.2, 0.25) is 5.91 Å². The minimum atomic E-state index is -0.696. The molecule has 2 amide bonds. The third-order valence-electron chi connectivity index (χ3n) is 4.61. The quantitative estimate of drug-likeness (QED) is 0.374. The second kappa shape index (κ2) is 11.6. The molecule has 0 bridgehead atoms. The molecule has 3 N–H and O–H groups in total. The Labute approximate surface area is 185 Å². The lowest BCUT2D eigenvalue weighted by Crippen LogP contribution is -2.32. The molecule has 0 aromatic heterocycles. The van der Waals surface area contributed by atoms with Crippen LogP contribution in [0.5, 0.6) is 0 Å². The zero-order valence-electron chi connectivity index (χ0n) is 18.2. The Kier molecular flexibility index (Phi) is 8.93. The lowest BCUT2D eigenvalue weighted by Gasteiger charge is -2.17. The van der Waals surface area contributed by atoms with E-state index in [0.29, 0.717) is 12.2 Å². The Balaban J connectivity index is 1.93. The molecule has 0 saturated heterocycles. The van der Waals surface area contributed by atoms with Crippen LogP contribution in [0, 0.1) is 10.1 Å². The number of benzene rings is 2. The SMILES string of the molecule is CN(C)CCNC(=O)Cc1ccc(N(C)C(=O)OCc2ccc(NO)cc2[N+](=O)[O-])cc1. The van der Waals surface area contributed by atoms with Crippen molar-refractivity contribution in [3.8, 4) is 0 Å². The highest BCUT2D eigenvalue weighted by molar-refractivity contribution is 5.87. The van der Waals surface area contributed by atoms with Crippen LogP contribution in [-0.2, 0) is 22.6 Å². The van der Waals surface area contributed by atoms with E-state index in [4.69, 9.17) is 9.94 Å². The Hall–Kier alpha value is -3.70. The van der Waals surface area contributed by atoms with Gasteiger partial charge in [-0.05, 0) is 43.9 Å². The topological polar surface area (TPSA) is 137 Å². The van der Waals surface area contributed by atoms with Gasteiger partial charge in [-0.2, -0.15) is 0 Å². The number of hydrogen-bond acceptors (Lipinski definition) is 8. The monoisotopic (exact) mass is 445 g/mol. The Morgan fingerprint density at radius 3 is 2.41 bits per heavy atom. The van der Waals surface area contributed by atoms with Gasteiger partial charge in [-0.3, -0.25) is 30.5 Å². The van der Waals surface area contributed by atoms with Crippen molar-refractivity contribution in [2.45, 2.75) is 13.0 Å². The highest BCUT2D eigenvalue weighted by atomic mass is 16.6. The van der Waals surface area contributed by atoms with Crippen LogP contribution in [0.25, 0.3) is 0 Å². The number of anilines is 2. The standard InChI is InChI=1S/C21H27N5O6/c1-24(2)11-10-22-20(27)12-15-4-8-18(9-5-15)25(3)21(28)32-14-16-6-7-17(23-29)13-19(16)26(30)31/h4-9,13,23,29H,10-12,14H2,1-3H3,(H,22,27). The average molecular weight is 445 g/mol. The first-order valence-corrected chi connectivity index (χ1v) is 9.79. The highest BCUT2D eigenvalue weighted by Crippen LogP contribution is 2.24. The fourth-order valence-corrected chi connectivity index (χ4v) is 2.77. The van der Waals surface area contributed by atoms with E-state index >= 15 is 0 Å². The van der Waals surface area contributed by atoms with Crippen molar-refractivity contribution in [3.63, 3.8) is 0 Å². The maximum Gasteiger partial charge on any atom is 0.414 e. The van der Waals surface area contributed by atoms with Gasteiger partial charge in [-0.25, -0.2) is 4.79 Å². The van der Waals surface area contributed by atoms with E-state index in [1.165, 1.54) is 24.1 Å². The second-order valence-corrected chi connectivity index (χ2v) is 7.32.